The number of ether oxygens (including phenoxy) is 1. The van der Waals surface area contributed by atoms with Crippen molar-refractivity contribution in [3.8, 4) is 11.3 Å². The Hall–Kier alpha value is -3.74. The van der Waals surface area contributed by atoms with Crippen molar-refractivity contribution in [2.75, 3.05) is 11.9 Å². The maximum atomic E-state index is 12.1. The van der Waals surface area contributed by atoms with E-state index in [1.807, 2.05) is 0 Å². The number of aromatic nitrogens is 1. The number of carbonyl (C=O) groups is 3. The van der Waals surface area contributed by atoms with Crippen molar-refractivity contribution in [3.63, 3.8) is 0 Å². The summed E-state index contributed by atoms with van der Waals surface area (Å²) in [6, 6.07) is 13.1. The summed E-state index contributed by atoms with van der Waals surface area (Å²) in [4.78, 5) is 39.2. The van der Waals surface area contributed by atoms with Crippen LogP contribution in [0.5, 0.6) is 0 Å². The maximum absolute atomic E-state index is 12.1. The topological polar surface area (TPSA) is 98.5 Å². The molecule has 0 spiro atoms. The molecule has 0 aliphatic heterocycles. The van der Waals surface area contributed by atoms with Crippen LogP contribution < -0.4 is 5.32 Å². The normalized spacial score (nSPS) is 10.3. The Morgan fingerprint density at radius 3 is 2.52 bits per heavy atom. The molecule has 0 atom stereocenters. The third kappa shape index (κ3) is 4.66. The van der Waals surface area contributed by atoms with Gasteiger partial charge in [-0.2, -0.15) is 0 Å². The fourth-order valence-electron chi connectivity index (χ4n) is 2.36. The van der Waals surface area contributed by atoms with Gasteiger partial charge in [-0.15, -0.1) is 0 Å². The van der Waals surface area contributed by atoms with Gasteiger partial charge in [-0.1, -0.05) is 24.3 Å². The highest BCUT2D eigenvalue weighted by Gasteiger charge is 2.12. The van der Waals surface area contributed by atoms with Crippen LogP contribution in [0.4, 0.5) is 5.69 Å². The molecule has 0 unspecified atom stereocenters. The summed E-state index contributed by atoms with van der Waals surface area (Å²) in [6.45, 7) is 1.00. The number of rotatable bonds is 6. The van der Waals surface area contributed by atoms with Crippen molar-refractivity contribution >= 4 is 23.3 Å². The minimum Gasteiger partial charge on any atom is -0.452 e. The Kier molecular flexibility index (Phi) is 5.41. The first-order chi connectivity index (χ1) is 13.0. The van der Waals surface area contributed by atoms with Gasteiger partial charge in [-0.05, 0) is 31.2 Å². The Bertz CT molecular complexity index is 962. The highest BCUT2D eigenvalue weighted by molar-refractivity contribution is 5.98. The molecular formula is C20H16N2O5. The van der Waals surface area contributed by atoms with E-state index >= 15 is 0 Å². The van der Waals surface area contributed by atoms with Crippen LogP contribution in [0.3, 0.4) is 0 Å². The van der Waals surface area contributed by atoms with E-state index in [1.165, 1.54) is 13.3 Å². The van der Waals surface area contributed by atoms with Crippen LogP contribution in [0.1, 0.15) is 27.6 Å². The van der Waals surface area contributed by atoms with Crippen molar-refractivity contribution in [2.24, 2.45) is 0 Å². The summed E-state index contributed by atoms with van der Waals surface area (Å²) >= 11 is 0. The molecule has 0 radical (unpaired) electrons. The highest BCUT2D eigenvalue weighted by atomic mass is 16.5. The number of amides is 1. The van der Waals surface area contributed by atoms with Crippen LogP contribution in [-0.4, -0.2) is 29.3 Å². The predicted octanol–water partition coefficient (Wildman–Crippen LogP) is 3.34. The van der Waals surface area contributed by atoms with Gasteiger partial charge in [0, 0.05) is 16.8 Å². The van der Waals surface area contributed by atoms with Crippen LogP contribution in [0.2, 0.25) is 0 Å². The molecule has 7 heteroatoms. The Labute approximate surface area is 155 Å². The van der Waals surface area contributed by atoms with Gasteiger partial charge in [0.1, 0.15) is 0 Å². The molecule has 27 heavy (non-hydrogen) atoms. The lowest BCUT2D eigenvalue weighted by Gasteiger charge is -2.08. The zero-order chi connectivity index (χ0) is 19.2. The van der Waals surface area contributed by atoms with E-state index in [1.54, 1.807) is 54.7 Å². The lowest BCUT2D eigenvalue weighted by atomic mass is 10.1. The summed E-state index contributed by atoms with van der Waals surface area (Å²) < 4.78 is 10.2. The number of nitrogens with zero attached hydrogens (tertiary/aromatic N) is 1. The Morgan fingerprint density at radius 1 is 1.07 bits per heavy atom. The summed E-state index contributed by atoms with van der Waals surface area (Å²) in [5.41, 5.74) is 2.02. The molecule has 1 aromatic heterocycles. The van der Waals surface area contributed by atoms with E-state index in [0.29, 0.717) is 22.6 Å². The first kappa shape index (κ1) is 18.1. The van der Waals surface area contributed by atoms with Crippen molar-refractivity contribution in [2.45, 2.75) is 6.92 Å². The molecule has 0 saturated heterocycles. The number of carbonyl (C=O) groups excluding carboxylic acids is 3. The van der Waals surface area contributed by atoms with E-state index in [4.69, 9.17) is 9.15 Å². The average Bonchev–Trinajstić information content (AvgIpc) is 3.21. The third-order valence-electron chi connectivity index (χ3n) is 3.72. The number of ketones is 1. The highest BCUT2D eigenvalue weighted by Crippen LogP contribution is 2.19. The number of hydrogen-bond donors (Lipinski definition) is 1. The zero-order valence-corrected chi connectivity index (χ0v) is 14.5. The first-order valence-electron chi connectivity index (χ1n) is 8.10. The first-order valence-corrected chi connectivity index (χ1v) is 8.10. The maximum Gasteiger partial charge on any atom is 0.338 e. The average molecular weight is 364 g/mol. The minimum atomic E-state index is -0.619. The fourth-order valence-corrected chi connectivity index (χ4v) is 2.36. The van der Waals surface area contributed by atoms with Crippen LogP contribution in [0.15, 0.2) is 65.5 Å². The van der Waals surface area contributed by atoms with Crippen LogP contribution >= 0.6 is 0 Å². The molecule has 0 bridgehead atoms. The lowest BCUT2D eigenvalue weighted by Crippen LogP contribution is -2.21. The molecular weight excluding hydrogens is 348 g/mol. The number of Topliss-reactive ketones (excluding diaryl/α,β-unsaturated/α-hetero) is 1. The summed E-state index contributed by atoms with van der Waals surface area (Å²) in [5, 5.41) is 2.58. The molecule has 1 heterocycles. The van der Waals surface area contributed by atoms with Gasteiger partial charge in [-0.3, -0.25) is 9.59 Å². The van der Waals surface area contributed by atoms with E-state index in [0.717, 1.165) is 5.56 Å². The van der Waals surface area contributed by atoms with Gasteiger partial charge in [0.15, 0.2) is 24.5 Å². The van der Waals surface area contributed by atoms with Gasteiger partial charge in [0.05, 0.1) is 11.8 Å². The van der Waals surface area contributed by atoms with Crippen molar-refractivity contribution < 1.29 is 23.5 Å². The number of esters is 1. The molecule has 7 nitrogen and oxygen atoms in total. The SMILES string of the molecule is CC(=O)c1cccc(NC(=O)COC(=O)c2ccc(-c3cnco3)cc2)c1. The van der Waals surface area contributed by atoms with Crippen molar-refractivity contribution in [1.29, 1.82) is 0 Å². The van der Waals surface area contributed by atoms with E-state index in [-0.39, 0.29) is 5.78 Å². The lowest BCUT2D eigenvalue weighted by molar-refractivity contribution is -0.119. The number of benzene rings is 2. The molecule has 0 saturated carbocycles. The largest absolute Gasteiger partial charge is 0.452 e. The van der Waals surface area contributed by atoms with Gasteiger partial charge < -0.3 is 14.5 Å². The number of oxazole rings is 1. The molecule has 3 aromatic rings. The van der Waals surface area contributed by atoms with Crippen LogP contribution in [0, 0.1) is 0 Å². The second-order valence-corrected chi connectivity index (χ2v) is 5.70. The van der Waals surface area contributed by atoms with Crippen LogP contribution in [-0.2, 0) is 9.53 Å². The summed E-state index contributed by atoms with van der Waals surface area (Å²) in [6.07, 6.45) is 2.89. The second-order valence-electron chi connectivity index (χ2n) is 5.70. The molecule has 2 aromatic carbocycles. The number of nitrogens with one attached hydrogen (secondary N) is 1. The summed E-state index contributed by atoms with van der Waals surface area (Å²) in [7, 11) is 0. The van der Waals surface area contributed by atoms with Crippen molar-refractivity contribution in [3.05, 3.63) is 72.2 Å². The Balaban J connectivity index is 1.55. The molecule has 0 aliphatic carbocycles. The van der Waals surface area contributed by atoms with E-state index < -0.39 is 18.5 Å². The predicted molar refractivity (Wildman–Crippen MR) is 97.3 cm³/mol. The molecule has 1 amide bonds. The van der Waals surface area contributed by atoms with E-state index in [9.17, 15) is 14.4 Å². The van der Waals surface area contributed by atoms with Gasteiger partial charge in [-0.25, -0.2) is 9.78 Å². The monoisotopic (exact) mass is 364 g/mol. The third-order valence-corrected chi connectivity index (χ3v) is 3.72. The van der Waals surface area contributed by atoms with Crippen molar-refractivity contribution in [1.82, 2.24) is 4.98 Å². The molecule has 0 aliphatic rings. The molecule has 1 N–H and O–H groups in total. The molecule has 0 fully saturated rings. The second kappa shape index (κ2) is 8.09. The number of hydrogen-bond acceptors (Lipinski definition) is 6. The quantitative estimate of drug-likeness (QED) is 0.532. The standard InChI is InChI=1S/C20H16N2O5/c1-13(23)16-3-2-4-17(9-16)22-19(24)11-26-20(25)15-7-5-14(6-8-15)18-10-21-12-27-18/h2-10,12H,11H2,1H3,(H,22,24). The zero-order valence-electron chi connectivity index (χ0n) is 14.5. The van der Waals surface area contributed by atoms with Gasteiger partial charge in [0.25, 0.3) is 5.91 Å². The fraction of sp³-hybridized carbons (Fsp3) is 0.100. The summed E-state index contributed by atoms with van der Waals surface area (Å²) in [5.74, 6) is -0.637. The number of anilines is 1. The Morgan fingerprint density at radius 2 is 1.85 bits per heavy atom. The van der Waals surface area contributed by atoms with E-state index in [2.05, 4.69) is 10.3 Å². The van der Waals surface area contributed by atoms with Gasteiger partial charge >= 0.3 is 5.97 Å². The molecule has 136 valence electrons. The molecule has 3 rings (SSSR count). The smallest absolute Gasteiger partial charge is 0.338 e. The van der Waals surface area contributed by atoms with Crippen LogP contribution in [0.25, 0.3) is 11.3 Å². The minimum absolute atomic E-state index is 0.105. The van der Waals surface area contributed by atoms with Gasteiger partial charge in [0.2, 0.25) is 0 Å².